The van der Waals surface area contributed by atoms with Crippen LogP contribution in [0.3, 0.4) is 0 Å². The first-order chi connectivity index (χ1) is 6.24. The summed E-state index contributed by atoms with van der Waals surface area (Å²) in [6.07, 6.45) is 0.917. The van der Waals surface area contributed by atoms with Crippen molar-refractivity contribution in [2.24, 2.45) is 0 Å². The zero-order chi connectivity index (χ0) is 9.68. The summed E-state index contributed by atoms with van der Waals surface area (Å²) in [5, 5.41) is 12.5. The maximum atomic E-state index is 8.89. The van der Waals surface area contributed by atoms with E-state index in [-0.39, 0.29) is 5.95 Å². The van der Waals surface area contributed by atoms with Crippen molar-refractivity contribution in [3.05, 3.63) is 6.07 Å². The van der Waals surface area contributed by atoms with Gasteiger partial charge in [-0.2, -0.15) is 0 Å². The number of methoxy groups -OCH3 is 1. The molecule has 0 aromatic carbocycles. The van der Waals surface area contributed by atoms with Crippen molar-refractivity contribution in [2.75, 3.05) is 32.2 Å². The van der Waals surface area contributed by atoms with Crippen LogP contribution in [0.25, 0.3) is 0 Å². The Morgan fingerprint density at radius 1 is 1.69 bits per heavy atom. The van der Waals surface area contributed by atoms with Crippen LogP contribution in [0.5, 0.6) is 5.95 Å². The van der Waals surface area contributed by atoms with E-state index in [9.17, 15) is 0 Å². The number of anilines is 1. The molecule has 13 heavy (non-hydrogen) atoms. The van der Waals surface area contributed by atoms with Gasteiger partial charge in [-0.05, 0) is 6.42 Å². The third-order valence-electron chi connectivity index (χ3n) is 1.72. The van der Waals surface area contributed by atoms with E-state index in [1.54, 1.807) is 7.11 Å². The van der Waals surface area contributed by atoms with Crippen LogP contribution < -0.4 is 4.90 Å². The molecule has 0 aliphatic heterocycles. The molecule has 1 heterocycles. The van der Waals surface area contributed by atoms with Gasteiger partial charge in [-0.15, -0.1) is 0 Å². The second-order valence-corrected chi connectivity index (χ2v) is 2.79. The van der Waals surface area contributed by atoms with E-state index in [1.165, 1.54) is 6.07 Å². The molecular weight excluding hydrogens is 172 g/mol. The molecule has 5 nitrogen and oxygen atoms in total. The second kappa shape index (κ2) is 4.71. The van der Waals surface area contributed by atoms with Crippen LogP contribution in [0.1, 0.15) is 6.42 Å². The molecule has 0 radical (unpaired) electrons. The molecule has 1 rings (SSSR count). The van der Waals surface area contributed by atoms with Gasteiger partial charge >= 0.3 is 5.95 Å². The summed E-state index contributed by atoms with van der Waals surface area (Å²) < 4.78 is 9.44. The van der Waals surface area contributed by atoms with Crippen LogP contribution in [-0.4, -0.2) is 37.6 Å². The molecule has 0 spiro atoms. The van der Waals surface area contributed by atoms with Gasteiger partial charge in [0.25, 0.3) is 0 Å². The lowest BCUT2D eigenvalue weighted by atomic mass is 10.4. The summed E-state index contributed by atoms with van der Waals surface area (Å²) in [7, 11) is 3.55. The van der Waals surface area contributed by atoms with Crippen LogP contribution in [0.15, 0.2) is 10.6 Å². The normalized spacial score (nSPS) is 10.3. The first kappa shape index (κ1) is 9.85. The van der Waals surface area contributed by atoms with Gasteiger partial charge < -0.3 is 19.3 Å². The first-order valence-corrected chi connectivity index (χ1v) is 4.10. The van der Waals surface area contributed by atoms with Gasteiger partial charge in [0, 0.05) is 27.3 Å². The zero-order valence-corrected chi connectivity index (χ0v) is 7.86. The van der Waals surface area contributed by atoms with Crippen molar-refractivity contribution < 1.29 is 14.4 Å². The van der Waals surface area contributed by atoms with Crippen molar-refractivity contribution in [3.63, 3.8) is 0 Å². The van der Waals surface area contributed by atoms with E-state index in [0.717, 1.165) is 13.0 Å². The highest BCUT2D eigenvalue weighted by Crippen LogP contribution is 2.17. The predicted molar refractivity (Wildman–Crippen MR) is 47.9 cm³/mol. The van der Waals surface area contributed by atoms with Crippen molar-refractivity contribution >= 4 is 5.82 Å². The zero-order valence-electron chi connectivity index (χ0n) is 7.86. The van der Waals surface area contributed by atoms with Crippen LogP contribution in [0, 0.1) is 0 Å². The van der Waals surface area contributed by atoms with Gasteiger partial charge in [0.05, 0.1) is 6.07 Å². The van der Waals surface area contributed by atoms with E-state index in [0.29, 0.717) is 12.4 Å². The van der Waals surface area contributed by atoms with Crippen LogP contribution in [0.2, 0.25) is 0 Å². The molecule has 1 aromatic heterocycles. The Hall–Kier alpha value is -1.23. The van der Waals surface area contributed by atoms with Gasteiger partial charge in [0.1, 0.15) is 0 Å². The van der Waals surface area contributed by atoms with Crippen molar-refractivity contribution in [1.29, 1.82) is 0 Å². The summed E-state index contributed by atoms with van der Waals surface area (Å²) in [5.41, 5.74) is 0. The molecule has 0 aliphatic carbocycles. The Morgan fingerprint density at radius 2 is 2.46 bits per heavy atom. The minimum Gasteiger partial charge on any atom is -0.479 e. The second-order valence-electron chi connectivity index (χ2n) is 2.79. The molecule has 0 saturated heterocycles. The highest BCUT2D eigenvalue weighted by molar-refractivity contribution is 5.38. The maximum absolute atomic E-state index is 8.89. The summed E-state index contributed by atoms with van der Waals surface area (Å²) in [6.45, 7) is 1.54. The minimum absolute atomic E-state index is 0.159. The fourth-order valence-electron chi connectivity index (χ4n) is 0.997. The van der Waals surface area contributed by atoms with Gasteiger partial charge in [-0.3, -0.25) is 0 Å². The first-order valence-electron chi connectivity index (χ1n) is 4.10. The molecule has 5 heteroatoms. The molecule has 0 aliphatic rings. The fraction of sp³-hybridized carbons (Fsp3) is 0.625. The molecule has 0 bridgehead atoms. The van der Waals surface area contributed by atoms with Crippen molar-refractivity contribution in [3.8, 4) is 5.95 Å². The molecule has 74 valence electrons. The molecule has 0 saturated carbocycles. The standard InChI is InChI=1S/C8H14N2O3/c1-10(4-3-5-12-2)7-6-8(11)13-9-7/h6,11H,3-5H2,1-2H3. The third-order valence-corrected chi connectivity index (χ3v) is 1.72. The van der Waals surface area contributed by atoms with Gasteiger partial charge in [0.15, 0.2) is 5.82 Å². The molecule has 1 N–H and O–H groups in total. The highest BCUT2D eigenvalue weighted by atomic mass is 16.5. The van der Waals surface area contributed by atoms with Crippen molar-refractivity contribution in [2.45, 2.75) is 6.42 Å². The Bertz CT molecular complexity index is 249. The van der Waals surface area contributed by atoms with Gasteiger partial charge in [-0.25, -0.2) is 0 Å². The molecule has 0 atom stereocenters. The fourth-order valence-corrected chi connectivity index (χ4v) is 0.997. The lowest BCUT2D eigenvalue weighted by molar-refractivity contribution is 0.196. The SMILES string of the molecule is COCCCN(C)c1cc(O)on1. The maximum Gasteiger partial charge on any atom is 0.310 e. The molecule has 1 aromatic rings. The number of hydrogen-bond donors (Lipinski definition) is 1. The van der Waals surface area contributed by atoms with Crippen LogP contribution >= 0.6 is 0 Å². The highest BCUT2D eigenvalue weighted by Gasteiger charge is 2.06. The van der Waals surface area contributed by atoms with Gasteiger partial charge in [-0.1, -0.05) is 5.16 Å². The molecule has 0 unspecified atom stereocenters. The third kappa shape index (κ3) is 2.95. The number of aromatic hydroxyl groups is 1. The Balaban J connectivity index is 2.35. The number of nitrogens with zero attached hydrogens (tertiary/aromatic N) is 2. The van der Waals surface area contributed by atoms with Crippen molar-refractivity contribution in [1.82, 2.24) is 5.16 Å². The van der Waals surface area contributed by atoms with Crippen LogP contribution in [-0.2, 0) is 4.74 Å². The predicted octanol–water partition coefficient (Wildman–Crippen LogP) is 0.853. The van der Waals surface area contributed by atoms with E-state index in [4.69, 9.17) is 9.84 Å². The van der Waals surface area contributed by atoms with E-state index >= 15 is 0 Å². The Labute approximate surface area is 76.9 Å². The van der Waals surface area contributed by atoms with E-state index < -0.39 is 0 Å². The quantitative estimate of drug-likeness (QED) is 0.691. The smallest absolute Gasteiger partial charge is 0.310 e. The largest absolute Gasteiger partial charge is 0.479 e. The number of hydrogen-bond acceptors (Lipinski definition) is 5. The Kier molecular flexibility index (Phi) is 3.57. The number of rotatable bonds is 5. The molecule has 0 amide bonds. The summed E-state index contributed by atoms with van der Waals surface area (Å²) in [6, 6.07) is 1.48. The molecule has 0 fully saturated rings. The summed E-state index contributed by atoms with van der Waals surface area (Å²) >= 11 is 0. The Morgan fingerprint density at radius 3 is 3.00 bits per heavy atom. The summed E-state index contributed by atoms with van der Waals surface area (Å²) in [4.78, 5) is 1.89. The summed E-state index contributed by atoms with van der Waals surface area (Å²) in [5.74, 6) is 0.474. The number of aromatic nitrogens is 1. The molecular formula is C8H14N2O3. The van der Waals surface area contributed by atoms with E-state index in [1.807, 2.05) is 11.9 Å². The van der Waals surface area contributed by atoms with E-state index in [2.05, 4.69) is 9.68 Å². The lowest BCUT2D eigenvalue weighted by Gasteiger charge is -2.13. The van der Waals surface area contributed by atoms with Gasteiger partial charge in [0.2, 0.25) is 0 Å². The minimum atomic E-state index is -0.159. The van der Waals surface area contributed by atoms with Crippen LogP contribution in [0.4, 0.5) is 5.82 Å². The topological polar surface area (TPSA) is 58.7 Å². The average molecular weight is 186 g/mol. The lowest BCUT2D eigenvalue weighted by Crippen LogP contribution is -2.19. The number of ether oxygens (including phenoxy) is 1. The average Bonchev–Trinajstić information content (AvgIpc) is 2.52. The monoisotopic (exact) mass is 186 g/mol.